The molecule has 148 valence electrons. The summed E-state index contributed by atoms with van der Waals surface area (Å²) in [6.07, 6.45) is 0.815. The number of ether oxygens (including phenoxy) is 2. The highest BCUT2D eigenvalue weighted by atomic mass is 35.5. The van der Waals surface area contributed by atoms with E-state index in [9.17, 15) is 14.7 Å². The smallest absolute Gasteiger partial charge is 0.410 e. The number of hydrogen-bond donors (Lipinski definition) is 1. The van der Waals surface area contributed by atoms with E-state index in [4.69, 9.17) is 21.1 Å². The van der Waals surface area contributed by atoms with Crippen LogP contribution in [0.15, 0.2) is 42.5 Å². The molecule has 0 radical (unpaired) electrons. The molecule has 3 rings (SSSR count). The minimum atomic E-state index is -1.04. The Morgan fingerprint density at radius 3 is 2.50 bits per heavy atom. The number of likely N-dealkylation sites (tertiary alicyclic amines) is 1. The molecular formula is C21H22ClNO5. The van der Waals surface area contributed by atoms with Crippen molar-refractivity contribution in [2.24, 2.45) is 0 Å². The standard InChI is InChI=1S/C21H22ClNO5/c1-14-18(20(24)25)11-16(22)12-19(14)28-17-7-9-23(10-8-17)21(26)27-13-15-5-3-2-4-6-15/h2-6,11-12,17H,7-10,13H2,1H3,(H,24,25). The van der Waals surface area contributed by atoms with Gasteiger partial charge in [0.15, 0.2) is 0 Å². The number of carboxylic acid groups (broad SMARTS) is 1. The number of halogens is 1. The van der Waals surface area contributed by atoms with Crippen molar-refractivity contribution in [2.45, 2.75) is 32.5 Å². The molecule has 1 fully saturated rings. The van der Waals surface area contributed by atoms with Crippen LogP contribution in [-0.4, -0.2) is 41.3 Å². The van der Waals surface area contributed by atoms with Gasteiger partial charge in [-0.2, -0.15) is 0 Å². The maximum absolute atomic E-state index is 12.2. The molecule has 0 aromatic heterocycles. The third kappa shape index (κ3) is 4.95. The molecule has 1 aliphatic heterocycles. The van der Waals surface area contributed by atoms with Gasteiger partial charge < -0.3 is 19.5 Å². The highest BCUT2D eigenvalue weighted by molar-refractivity contribution is 6.31. The molecule has 1 N–H and O–H groups in total. The van der Waals surface area contributed by atoms with Crippen LogP contribution in [-0.2, 0) is 11.3 Å². The highest BCUT2D eigenvalue weighted by Gasteiger charge is 2.26. The van der Waals surface area contributed by atoms with Crippen molar-refractivity contribution >= 4 is 23.7 Å². The zero-order valence-corrected chi connectivity index (χ0v) is 16.3. The van der Waals surface area contributed by atoms with Crippen molar-refractivity contribution in [2.75, 3.05) is 13.1 Å². The molecule has 2 aromatic carbocycles. The molecule has 0 bridgehead atoms. The molecule has 6 nitrogen and oxygen atoms in total. The number of piperidine rings is 1. The minimum Gasteiger partial charge on any atom is -0.490 e. The van der Waals surface area contributed by atoms with Crippen LogP contribution in [0.25, 0.3) is 0 Å². The van der Waals surface area contributed by atoms with Crippen molar-refractivity contribution < 1.29 is 24.2 Å². The molecule has 28 heavy (non-hydrogen) atoms. The summed E-state index contributed by atoms with van der Waals surface area (Å²) in [7, 11) is 0. The third-order valence-electron chi connectivity index (χ3n) is 4.75. The van der Waals surface area contributed by atoms with Crippen molar-refractivity contribution in [1.82, 2.24) is 4.90 Å². The number of hydrogen-bond acceptors (Lipinski definition) is 4. The van der Waals surface area contributed by atoms with E-state index in [0.29, 0.717) is 42.3 Å². The van der Waals surface area contributed by atoms with E-state index in [1.807, 2.05) is 30.3 Å². The first-order valence-corrected chi connectivity index (χ1v) is 9.47. The number of rotatable bonds is 5. The Labute approximate surface area is 168 Å². The lowest BCUT2D eigenvalue weighted by Gasteiger charge is -2.32. The van der Waals surface area contributed by atoms with Crippen molar-refractivity contribution in [3.05, 3.63) is 64.2 Å². The van der Waals surface area contributed by atoms with Crippen molar-refractivity contribution in [1.29, 1.82) is 0 Å². The van der Waals surface area contributed by atoms with Crippen LogP contribution in [0.2, 0.25) is 5.02 Å². The summed E-state index contributed by atoms with van der Waals surface area (Å²) in [5, 5.41) is 9.60. The Morgan fingerprint density at radius 2 is 1.86 bits per heavy atom. The van der Waals surface area contributed by atoms with Crippen LogP contribution in [0.5, 0.6) is 5.75 Å². The molecule has 1 aliphatic rings. The van der Waals surface area contributed by atoms with Crippen LogP contribution in [0.3, 0.4) is 0 Å². The Balaban J connectivity index is 1.53. The van der Waals surface area contributed by atoms with Gasteiger partial charge in [0, 0.05) is 36.5 Å². The molecule has 0 aliphatic carbocycles. The molecular weight excluding hydrogens is 382 g/mol. The second-order valence-electron chi connectivity index (χ2n) is 6.73. The van der Waals surface area contributed by atoms with Gasteiger partial charge in [0.25, 0.3) is 0 Å². The lowest BCUT2D eigenvalue weighted by Crippen LogP contribution is -2.42. The van der Waals surface area contributed by atoms with Gasteiger partial charge in [-0.05, 0) is 24.6 Å². The van der Waals surface area contributed by atoms with Gasteiger partial charge in [0.1, 0.15) is 18.5 Å². The average molecular weight is 404 g/mol. The Hall–Kier alpha value is -2.73. The number of carbonyl (C=O) groups is 2. The normalized spacial score (nSPS) is 14.6. The zero-order valence-electron chi connectivity index (χ0n) is 15.6. The summed E-state index contributed by atoms with van der Waals surface area (Å²) in [5.41, 5.74) is 1.62. The Kier molecular flexibility index (Phi) is 6.41. The van der Waals surface area contributed by atoms with Gasteiger partial charge in [0.2, 0.25) is 0 Å². The van der Waals surface area contributed by atoms with Gasteiger partial charge in [-0.3, -0.25) is 0 Å². The topological polar surface area (TPSA) is 76.1 Å². The van der Waals surface area contributed by atoms with Crippen LogP contribution in [0, 0.1) is 6.92 Å². The first kappa shape index (κ1) is 20.0. The van der Waals surface area contributed by atoms with Gasteiger partial charge in [-0.1, -0.05) is 41.9 Å². The first-order chi connectivity index (χ1) is 13.4. The summed E-state index contributed by atoms with van der Waals surface area (Å²) >= 11 is 6.02. The molecule has 0 saturated carbocycles. The Morgan fingerprint density at radius 1 is 1.18 bits per heavy atom. The number of amides is 1. The molecule has 2 aromatic rings. The number of aromatic carboxylic acids is 1. The first-order valence-electron chi connectivity index (χ1n) is 9.09. The van der Waals surface area contributed by atoms with Gasteiger partial charge in [-0.15, -0.1) is 0 Å². The molecule has 1 heterocycles. The molecule has 0 atom stereocenters. The van der Waals surface area contributed by atoms with E-state index >= 15 is 0 Å². The molecule has 1 saturated heterocycles. The SMILES string of the molecule is Cc1c(OC2CCN(C(=O)OCc3ccccc3)CC2)cc(Cl)cc1C(=O)O. The van der Waals surface area contributed by atoms with E-state index in [1.54, 1.807) is 17.9 Å². The lowest BCUT2D eigenvalue weighted by atomic mass is 10.1. The largest absolute Gasteiger partial charge is 0.490 e. The molecule has 1 amide bonds. The Bertz CT molecular complexity index is 847. The van der Waals surface area contributed by atoms with Crippen LogP contribution in [0.1, 0.15) is 34.3 Å². The predicted octanol–water partition coefficient (Wildman–Crippen LogP) is 4.53. The number of benzene rings is 2. The van der Waals surface area contributed by atoms with E-state index in [1.165, 1.54) is 6.07 Å². The quantitative estimate of drug-likeness (QED) is 0.793. The van der Waals surface area contributed by atoms with Crippen molar-refractivity contribution in [3.63, 3.8) is 0 Å². The predicted molar refractivity (Wildman–Crippen MR) is 105 cm³/mol. The fourth-order valence-electron chi connectivity index (χ4n) is 3.14. The number of carbonyl (C=O) groups excluding carboxylic acids is 1. The van der Waals surface area contributed by atoms with Gasteiger partial charge in [0.05, 0.1) is 5.56 Å². The van der Waals surface area contributed by atoms with Crippen molar-refractivity contribution in [3.8, 4) is 5.75 Å². The van der Waals surface area contributed by atoms with E-state index in [0.717, 1.165) is 5.56 Å². The summed E-state index contributed by atoms with van der Waals surface area (Å²) in [4.78, 5) is 25.2. The maximum Gasteiger partial charge on any atom is 0.410 e. The fraction of sp³-hybridized carbons (Fsp3) is 0.333. The van der Waals surface area contributed by atoms with E-state index in [-0.39, 0.29) is 24.4 Å². The highest BCUT2D eigenvalue weighted by Crippen LogP contribution is 2.29. The minimum absolute atomic E-state index is 0.114. The summed E-state index contributed by atoms with van der Waals surface area (Å²) in [5.74, 6) is -0.573. The molecule has 0 spiro atoms. The summed E-state index contributed by atoms with van der Waals surface area (Å²) < 4.78 is 11.4. The molecule has 0 unspecified atom stereocenters. The van der Waals surface area contributed by atoms with Crippen LogP contribution >= 0.6 is 11.6 Å². The van der Waals surface area contributed by atoms with E-state index in [2.05, 4.69) is 0 Å². The fourth-order valence-corrected chi connectivity index (χ4v) is 3.35. The van der Waals surface area contributed by atoms with E-state index < -0.39 is 5.97 Å². The third-order valence-corrected chi connectivity index (χ3v) is 4.97. The summed E-state index contributed by atoms with van der Waals surface area (Å²) in [6, 6.07) is 12.6. The zero-order chi connectivity index (χ0) is 20.1. The second-order valence-corrected chi connectivity index (χ2v) is 7.16. The van der Waals surface area contributed by atoms with Crippen LogP contribution < -0.4 is 4.74 Å². The number of nitrogens with zero attached hydrogens (tertiary/aromatic N) is 1. The van der Waals surface area contributed by atoms with Gasteiger partial charge in [-0.25, -0.2) is 9.59 Å². The second kappa shape index (κ2) is 8.97. The van der Waals surface area contributed by atoms with Gasteiger partial charge >= 0.3 is 12.1 Å². The lowest BCUT2D eigenvalue weighted by molar-refractivity contribution is 0.0628. The average Bonchev–Trinajstić information content (AvgIpc) is 2.69. The summed E-state index contributed by atoms with van der Waals surface area (Å²) in [6.45, 7) is 2.98. The monoisotopic (exact) mass is 403 g/mol. The van der Waals surface area contributed by atoms with Crippen LogP contribution in [0.4, 0.5) is 4.79 Å². The maximum atomic E-state index is 12.2. The molecule has 7 heteroatoms. The number of carboxylic acids is 1.